The molecule has 0 amide bonds. The molecule has 6 rings (SSSR count). The minimum Gasteiger partial charge on any atom is -0.481 e. The molecule has 0 radical (unpaired) electrons. The molecule has 43 heavy (non-hydrogen) atoms. The summed E-state index contributed by atoms with van der Waals surface area (Å²) in [5, 5.41) is 7.48. The minimum absolute atomic E-state index is 0.0497. The fraction of sp³-hybridized carbons (Fsp3) is 0.286. The van der Waals surface area contributed by atoms with E-state index in [0.717, 1.165) is 37.4 Å². The number of alkyl halides is 3. The topological polar surface area (TPSA) is 125 Å². The monoisotopic (exact) mass is 610 g/mol. The molecule has 3 aromatic heterocycles. The van der Waals surface area contributed by atoms with Gasteiger partial charge in [0.1, 0.15) is 11.2 Å². The van der Waals surface area contributed by atoms with E-state index in [9.17, 15) is 17.7 Å². The quantitative estimate of drug-likeness (QED) is 0.214. The van der Waals surface area contributed by atoms with Crippen molar-refractivity contribution in [1.82, 2.24) is 24.8 Å². The summed E-state index contributed by atoms with van der Waals surface area (Å²) in [4.78, 5) is 23.9. The fourth-order valence-corrected chi connectivity index (χ4v) is 5.54. The van der Waals surface area contributed by atoms with E-state index < -0.39 is 12.8 Å². The molecule has 0 atom stereocenters. The third-order valence-corrected chi connectivity index (χ3v) is 7.85. The first kappa shape index (κ1) is 28.6. The van der Waals surface area contributed by atoms with Crippen molar-refractivity contribution < 1.29 is 27.5 Å². The molecule has 222 valence electrons. The van der Waals surface area contributed by atoms with Crippen LogP contribution in [0.5, 0.6) is 5.75 Å². The number of hydrogen-bond acceptors (Lipinski definition) is 9. The Balaban J connectivity index is 1.37. The molecule has 4 heterocycles. The summed E-state index contributed by atoms with van der Waals surface area (Å²) < 4.78 is 57.1. The van der Waals surface area contributed by atoms with Crippen LogP contribution in [0.15, 0.2) is 48.9 Å². The predicted molar refractivity (Wildman–Crippen MR) is 158 cm³/mol. The number of aromatic nitrogens is 5. The molecule has 5 aromatic rings. The van der Waals surface area contributed by atoms with Crippen molar-refractivity contribution in [3.8, 4) is 5.75 Å². The Morgan fingerprint density at radius 3 is 2.63 bits per heavy atom. The average molecular weight is 611 g/mol. The van der Waals surface area contributed by atoms with Crippen molar-refractivity contribution in [2.24, 2.45) is 0 Å². The zero-order chi connectivity index (χ0) is 30.1. The van der Waals surface area contributed by atoms with Gasteiger partial charge in [-0.2, -0.15) is 13.2 Å². The molecular weight excluding hydrogens is 582 g/mol. The lowest BCUT2D eigenvalue weighted by Gasteiger charge is -2.35. The maximum atomic E-state index is 13.2. The number of anilines is 5. The normalized spacial score (nSPS) is 14.5. The average Bonchev–Trinajstić information content (AvgIpc) is 3.46. The number of aryl methyl sites for hydroxylation is 1. The van der Waals surface area contributed by atoms with Gasteiger partial charge in [0.25, 0.3) is 0 Å². The third-order valence-electron chi connectivity index (χ3n) is 7.21. The highest BCUT2D eigenvalue weighted by atomic mass is 31.1. The SMILES string of the molecule is Cc1cc(Nc2nc(Nc3ccc4nccnc4c3P=O)c3cc[nH]c3[nH+]2)c(OCC(F)(F)F)cc1N1CCN(C)CC1. The van der Waals surface area contributed by atoms with Gasteiger partial charge < -0.3 is 19.9 Å². The van der Waals surface area contributed by atoms with Gasteiger partial charge >= 0.3 is 12.1 Å². The summed E-state index contributed by atoms with van der Waals surface area (Å²) in [6.45, 7) is 3.68. The largest absolute Gasteiger partial charge is 0.481 e. The number of nitrogens with one attached hydrogen (secondary N) is 4. The number of hydrogen-bond donors (Lipinski definition) is 3. The number of fused-ring (bicyclic) bond motifs is 2. The number of benzene rings is 2. The van der Waals surface area contributed by atoms with E-state index in [1.54, 1.807) is 36.7 Å². The molecule has 2 aromatic carbocycles. The van der Waals surface area contributed by atoms with Crippen LogP contribution in [-0.4, -0.2) is 70.8 Å². The van der Waals surface area contributed by atoms with Crippen LogP contribution in [-0.2, 0) is 4.57 Å². The lowest BCUT2D eigenvalue weighted by Crippen LogP contribution is -2.44. The first-order valence-corrected chi connectivity index (χ1v) is 14.3. The van der Waals surface area contributed by atoms with E-state index in [0.29, 0.717) is 44.6 Å². The van der Waals surface area contributed by atoms with E-state index in [-0.39, 0.29) is 20.2 Å². The molecule has 1 aliphatic heterocycles. The zero-order valence-electron chi connectivity index (χ0n) is 23.3. The van der Waals surface area contributed by atoms with Gasteiger partial charge in [0.15, 0.2) is 20.8 Å². The summed E-state index contributed by atoms with van der Waals surface area (Å²) in [6, 6.07) is 8.73. The van der Waals surface area contributed by atoms with Gasteiger partial charge in [0, 0.05) is 56.5 Å². The van der Waals surface area contributed by atoms with Crippen LogP contribution in [0, 0.1) is 6.92 Å². The van der Waals surface area contributed by atoms with Gasteiger partial charge in [-0.05, 0) is 43.8 Å². The van der Waals surface area contributed by atoms with E-state index in [1.807, 2.05) is 20.0 Å². The number of nitrogens with zero attached hydrogens (tertiary/aromatic N) is 5. The van der Waals surface area contributed by atoms with Crippen molar-refractivity contribution >= 4 is 64.7 Å². The lowest BCUT2D eigenvalue weighted by molar-refractivity contribution is -0.333. The number of aromatic amines is 2. The van der Waals surface area contributed by atoms with Crippen molar-refractivity contribution in [2.45, 2.75) is 13.1 Å². The minimum atomic E-state index is -4.51. The van der Waals surface area contributed by atoms with Crippen LogP contribution in [0.1, 0.15) is 5.56 Å². The Hall–Kier alpha value is -4.55. The van der Waals surface area contributed by atoms with Crippen molar-refractivity contribution in [3.05, 3.63) is 54.5 Å². The van der Waals surface area contributed by atoms with Crippen molar-refractivity contribution in [2.75, 3.05) is 55.4 Å². The molecule has 1 fully saturated rings. The highest BCUT2D eigenvalue weighted by molar-refractivity contribution is 7.35. The Labute approximate surface area is 245 Å². The molecular formula is C28H28F3N9O2P+. The molecule has 1 aliphatic rings. The summed E-state index contributed by atoms with van der Waals surface area (Å²) >= 11 is 0. The van der Waals surface area contributed by atoms with Gasteiger partial charge in [0.05, 0.1) is 21.9 Å². The third kappa shape index (κ3) is 6.15. The van der Waals surface area contributed by atoms with Crippen LogP contribution in [0.4, 0.5) is 42.0 Å². The molecule has 0 aliphatic carbocycles. The van der Waals surface area contributed by atoms with E-state index >= 15 is 0 Å². The molecule has 0 saturated carbocycles. The second-order valence-electron chi connectivity index (χ2n) is 10.3. The van der Waals surface area contributed by atoms with Gasteiger partial charge in [-0.1, -0.05) is 4.98 Å². The first-order chi connectivity index (χ1) is 20.7. The molecule has 0 unspecified atom stereocenters. The van der Waals surface area contributed by atoms with Crippen LogP contribution in [0.3, 0.4) is 0 Å². The van der Waals surface area contributed by atoms with Gasteiger partial charge in [0.2, 0.25) is 11.5 Å². The number of piperazine rings is 1. The number of H-pyrrole nitrogens is 2. The van der Waals surface area contributed by atoms with Crippen LogP contribution < -0.4 is 30.6 Å². The highest BCUT2D eigenvalue weighted by Gasteiger charge is 2.30. The maximum Gasteiger partial charge on any atom is 0.422 e. The molecule has 0 spiro atoms. The fourth-order valence-electron chi connectivity index (χ4n) is 5.06. The predicted octanol–water partition coefficient (Wildman–Crippen LogP) is 4.73. The number of likely N-dealkylation sites (N-methyl/N-ethyl adjacent to an activating group) is 1. The second kappa shape index (κ2) is 11.6. The lowest BCUT2D eigenvalue weighted by atomic mass is 10.1. The summed E-state index contributed by atoms with van der Waals surface area (Å²) in [5.74, 6) is 0.700. The maximum absolute atomic E-state index is 13.2. The van der Waals surface area contributed by atoms with Gasteiger partial charge in [-0.15, -0.1) is 0 Å². The number of halogens is 3. The summed E-state index contributed by atoms with van der Waals surface area (Å²) in [5.41, 5.74) is 4.21. The van der Waals surface area contributed by atoms with E-state index in [4.69, 9.17) is 4.74 Å². The molecule has 4 N–H and O–H groups in total. The van der Waals surface area contributed by atoms with E-state index in [2.05, 4.69) is 45.4 Å². The van der Waals surface area contributed by atoms with Crippen LogP contribution in [0.25, 0.3) is 22.1 Å². The van der Waals surface area contributed by atoms with Crippen molar-refractivity contribution in [1.29, 1.82) is 0 Å². The van der Waals surface area contributed by atoms with Gasteiger partial charge in [-0.25, -0.2) is 4.98 Å². The smallest absolute Gasteiger partial charge is 0.422 e. The van der Waals surface area contributed by atoms with Crippen LogP contribution in [0.2, 0.25) is 0 Å². The molecule has 11 nitrogen and oxygen atoms in total. The van der Waals surface area contributed by atoms with E-state index in [1.165, 1.54) is 6.20 Å². The number of rotatable bonds is 8. The molecule has 0 bridgehead atoms. The summed E-state index contributed by atoms with van der Waals surface area (Å²) in [7, 11) is 1.78. The Morgan fingerprint density at radius 1 is 1.07 bits per heavy atom. The standard InChI is InChI=1S/C28H27F3N9O2P/c1-16-13-20(22(42-15-28(29,30)31)14-21(16)40-11-9-39(2)10-12-40)36-27-37-25-17(5-6-34-25)26(38-27)35-19-4-3-18-23(24(19)43-41)33-8-7-32-18/h3-8,13-14H,9-12,15H2,1-2H3,(H3,34,35,36,37,38)/p+1. The zero-order valence-corrected chi connectivity index (χ0v) is 24.2. The molecule has 1 saturated heterocycles. The van der Waals surface area contributed by atoms with Crippen LogP contribution >= 0.6 is 8.46 Å². The number of ether oxygens (including phenoxy) is 1. The Morgan fingerprint density at radius 2 is 1.86 bits per heavy atom. The first-order valence-electron chi connectivity index (χ1n) is 13.5. The summed E-state index contributed by atoms with van der Waals surface area (Å²) in [6.07, 6.45) is 0.300. The molecule has 15 heteroatoms. The highest BCUT2D eigenvalue weighted by Crippen LogP contribution is 2.36. The Bertz CT molecular complexity index is 1810. The Kier molecular flexibility index (Phi) is 7.72. The second-order valence-corrected chi connectivity index (χ2v) is 10.9. The van der Waals surface area contributed by atoms with Crippen molar-refractivity contribution in [3.63, 3.8) is 0 Å². The van der Waals surface area contributed by atoms with Gasteiger partial charge in [-0.3, -0.25) is 24.8 Å².